The van der Waals surface area contributed by atoms with Gasteiger partial charge < -0.3 is 4.52 Å². The maximum atomic E-state index is 11.8. The number of nitrogens with zero attached hydrogens (tertiary/aromatic N) is 4. The van der Waals surface area contributed by atoms with Gasteiger partial charge in [-0.3, -0.25) is 14.6 Å². The molecule has 20 heavy (non-hydrogen) atoms. The Morgan fingerprint density at radius 3 is 2.70 bits per heavy atom. The third-order valence-corrected chi connectivity index (χ3v) is 4.04. The van der Waals surface area contributed by atoms with Crippen LogP contribution in [0.4, 0.5) is 0 Å². The summed E-state index contributed by atoms with van der Waals surface area (Å²) in [5.41, 5.74) is 0. The van der Waals surface area contributed by atoms with Gasteiger partial charge in [0.1, 0.15) is 5.78 Å². The van der Waals surface area contributed by atoms with Gasteiger partial charge in [-0.25, -0.2) is 0 Å². The minimum atomic E-state index is 0.171. The van der Waals surface area contributed by atoms with E-state index in [0.29, 0.717) is 18.2 Å². The molecule has 3 saturated heterocycles. The molecule has 3 fully saturated rings. The van der Waals surface area contributed by atoms with Crippen molar-refractivity contribution < 1.29 is 9.32 Å². The lowest BCUT2D eigenvalue weighted by molar-refractivity contribution is -0.119. The molecule has 4 heterocycles. The van der Waals surface area contributed by atoms with E-state index in [1.165, 1.54) is 0 Å². The van der Waals surface area contributed by atoms with Crippen molar-refractivity contribution in [3.8, 4) is 0 Å². The van der Waals surface area contributed by atoms with Crippen LogP contribution in [-0.2, 0) is 11.2 Å². The number of carbonyl (C=O) groups excluding carboxylic acids is 1. The average molecular weight is 278 g/mol. The molecule has 1 unspecified atom stereocenters. The van der Waals surface area contributed by atoms with Gasteiger partial charge in [0.05, 0.1) is 12.5 Å². The Balaban J connectivity index is 1.63. The Kier molecular flexibility index (Phi) is 3.85. The van der Waals surface area contributed by atoms with Crippen LogP contribution in [0, 0.1) is 5.92 Å². The average Bonchev–Trinajstić information content (AvgIpc) is 2.87. The highest BCUT2D eigenvalue weighted by molar-refractivity contribution is 5.80. The van der Waals surface area contributed by atoms with E-state index >= 15 is 0 Å². The molecule has 0 N–H and O–H groups in total. The Morgan fingerprint density at radius 2 is 2.10 bits per heavy atom. The third kappa shape index (κ3) is 2.91. The fourth-order valence-electron chi connectivity index (χ4n) is 3.03. The number of Topliss-reactive ketones (excluding diaryl/α,β-unsaturated/α-hetero) is 1. The topological polar surface area (TPSA) is 62.5 Å². The molecule has 1 atom stereocenters. The van der Waals surface area contributed by atoms with Crippen LogP contribution in [0.15, 0.2) is 4.52 Å². The molecule has 6 heteroatoms. The van der Waals surface area contributed by atoms with Crippen LogP contribution in [0.3, 0.4) is 0 Å². The maximum absolute atomic E-state index is 11.8. The van der Waals surface area contributed by atoms with Gasteiger partial charge in [0.2, 0.25) is 5.89 Å². The van der Waals surface area contributed by atoms with Gasteiger partial charge in [-0.05, 0) is 5.92 Å². The molecular weight excluding hydrogens is 256 g/mol. The first-order valence-electron chi connectivity index (χ1n) is 7.42. The van der Waals surface area contributed by atoms with Gasteiger partial charge in [0, 0.05) is 39.1 Å². The molecule has 2 bridgehead atoms. The highest BCUT2D eigenvalue weighted by atomic mass is 16.5. The Labute approximate surface area is 119 Å². The largest absolute Gasteiger partial charge is 0.339 e. The van der Waals surface area contributed by atoms with E-state index < -0.39 is 0 Å². The predicted octanol–water partition coefficient (Wildman–Crippen LogP) is 0.900. The smallest absolute Gasteiger partial charge is 0.234 e. The van der Waals surface area contributed by atoms with Crippen molar-refractivity contribution in [2.45, 2.75) is 32.7 Å². The van der Waals surface area contributed by atoms with E-state index in [4.69, 9.17) is 4.52 Å². The minimum Gasteiger partial charge on any atom is -0.339 e. The molecule has 0 aromatic carbocycles. The van der Waals surface area contributed by atoms with Crippen LogP contribution in [0.1, 0.15) is 38.0 Å². The van der Waals surface area contributed by atoms with Crippen molar-refractivity contribution >= 4 is 5.78 Å². The standard InChI is InChI=1S/C14H22N4O2/c1-10(2)7-11(19)8-13-15-14(16-20-13)12-9-17-3-5-18(12)6-4-17/h10,12H,3-9H2,1-2H3. The summed E-state index contributed by atoms with van der Waals surface area (Å²) >= 11 is 0. The van der Waals surface area contributed by atoms with E-state index in [9.17, 15) is 4.79 Å². The van der Waals surface area contributed by atoms with Gasteiger partial charge in [0.25, 0.3) is 0 Å². The third-order valence-electron chi connectivity index (χ3n) is 4.04. The molecule has 4 rings (SSSR count). The van der Waals surface area contributed by atoms with Crippen molar-refractivity contribution in [3.05, 3.63) is 11.7 Å². The van der Waals surface area contributed by atoms with Gasteiger partial charge in [-0.1, -0.05) is 19.0 Å². The molecule has 0 spiro atoms. The summed E-state index contributed by atoms with van der Waals surface area (Å²) in [5, 5.41) is 4.08. The molecule has 0 amide bonds. The number of piperazine rings is 3. The number of hydrogen-bond acceptors (Lipinski definition) is 6. The van der Waals surface area contributed by atoms with Gasteiger partial charge in [-0.15, -0.1) is 0 Å². The summed E-state index contributed by atoms with van der Waals surface area (Å²) in [7, 11) is 0. The summed E-state index contributed by atoms with van der Waals surface area (Å²) in [6.45, 7) is 9.46. The first kappa shape index (κ1) is 13.7. The van der Waals surface area contributed by atoms with Gasteiger partial charge >= 0.3 is 0 Å². The van der Waals surface area contributed by atoms with Crippen LogP contribution in [0.25, 0.3) is 0 Å². The highest BCUT2D eigenvalue weighted by Gasteiger charge is 2.35. The lowest BCUT2D eigenvalue weighted by Gasteiger charge is -2.46. The monoisotopic (exact) mass is 278 g/mol. The molecule has 3 aliphatic heterocycles. The summed E-state index contributed by atoms with van der Waals surface area (Å²) in [4.78, 5) is 21.1. The molecule has 1 aromatic rings. The van der Waals surface area contributed by atoms with Crippen molar-refractivity contribution in [2.24, 2.45) is 5.92 Å². The summed E-state index contributed by atoms with van der Waals surface area (Å²) in [6, 6.07) is 0.232. The SMILES string of the molecule is CC(C)CC(=O)Cc1nc(C2CN3CCN2CC3)no1. The maximum Gasteiger partial charge on any atom is 0.234 e. The van der Waals surface area contributed by atoms with Crippen molar-refractivity contribution in [3.63, 3.8) is 0 Å². The highest BCUT2D eigenvalue weighted by Crippen LogP contribution is 2.26. The minimum absolute atomic E-state index is 0.171. The van der Waals surface area contributed by atoms with Crippen LogP contribution in [-0.4, -0.2) is 58.4 Å². The predicted molar refractivity (Wildman–Crippen MR) is 73.2 cm³/mol. The summed E-state index contributed by atoms with van der Waals surface area (Å²) in [5.74, 6) is 1.74. The number of aromatic nitrogens is 2. The van der Waals surface area contributed by atoms with Crippen LogP contribution < -0.4 is 0 Å². The Hall–Kier alpha value is -1.27. The van der Waals surface area contributed by atoms with E-state index in [1.807, 2.05) is 13.8 Å². The zero-order chi connectivity index (χ0) is 14.1. The van der Waals surface area contributed by atoms with E-state index in [-0.39, 0.29) is 18.2 Å². The van der Waals surface area contributed by atoms with Gasteiger partial charge in [-0.2, -0.15) is 4.98 Å². The quantitative estimate of drug-likeness (QED) is 0.797. The number of ketones is 1. The zero-order valence-corrected chi connectivity index (χ0v) is 12.2. The molecule has 1 aromatic heterocycles. The van der Waals surface area contributed by atoms with Gasteiger partial charge in [0.15, 0.2) is 5.82 Å². The second-order valence-corrected chi connectivity index (χ2v) is 6.21. The van der Waals surface area contributed by atoms with Crippen molar-refractivity contribution in [1.82, 2.24) is 19.9 Å². The first-order valence-corrected chi connectivity index (χ1v) is 7.42. The molecule has 3 aliphatic rings. The van der Waals surface area contributed by atoms with Crippen molar-refractivity contribution in [2.75, 3.05) is 32.7 Å². The number of hydrogen-bond donors (Lipinski definition) is 0. The molecule has 0 saturated carbocycles. The summed E-state index contributed by atoms with van der Waals surface area (Å²) < 4.78 is 5.25. The number of rotatable bonds is 5. The second-order valence-electron chi connectivity index (χ2n) is 6.21. The van der Waals surface area contributed by atoms with Crippen LogP contribution >= 0.6 is 0 Å². The van der Waals surface area contributed by atoms with E-state index in [1.54, 1.807) is 0 Å². The lowest BCUT2D eigenvalue weighted by Crippen LogP contribution is -2.57. The number of carbonyl (C=O) groups is 1. The van der Waals surface area contributed by atoms with Crippen LogP contribution in [0.2, 0.25) is 0 Å². The molecule has 110 valence electrons. The molecular formula is C14H22N4O2. The number of fused-ring (bicyclic) bond motifs is 3. The molecule has 6 nitrogen and oxygen atoms in total. The fraction of sp³-hybridized carbons (Fsp3) is 0.786. The lowest BCUT2D eigenvalue weighted by atomic mass is 10.1. The first-order chi connectivity index (χ1) is 9.61. The van der Waals surface area contributed by atoms with Crippen LogP contribution in [0.5, 0.6) is 0 Å². The Bertz CT molecular complexity index is 477. The van der Waals surface area contributed by atoms with Crippen molar-refractivity contribution in [1.29, 1.82) is 0 Å². The second kappa shape index (κ2) is 5.61. The normalized spacial score (nSPS) is 29.1. The van der Waals surface area contributed by atoms with E-state index in [0.717, 1.165) is 38.5 Å². The summed E-state index contributed by atoms with van der Waals surface area (Å²) in [6.07, 6.45) is 0.836. The Morgan fingerprint density at radius 1 is 1.35 bits per heavy atom. The molecule has 0 radical (unpaired) electrons. The molecule has 0 aliphatic carbocycles. The van der Waals surface area contributed by atoms with E-state index in [2.05, 4.69) is 19.9 Å². The fourth-order valence-corrected chi connectivity index (χ4v) is 3.03. The zero-order valence-electron chi connectivity index (χ0n) is 12.2.